The first-order chi connectivity index (χ1) is 13.4. The average molecular weight is 529 g/mol. The Balaban J connectivity index is 1.63. The van der Waals surface area contributed by atoms with Gasteiger partial charge in [-0.2, -0.15) is 0 Å². The number of benzene rings is 2. The third-order valence-corrected chi connectivity index (χ3v) is 5.20. The summed E-state index contributed by atoms with van der Waals surface area (Å²) in [5.41, 5.74) is 1.12. The molecule has 0 radical (unpaired) electrons. The molecule has 0 fully saturated rings. The second kappa shape index (κ2) is 8.85. The van der Waals surface area contributed by atoms with Crippen molar-refractivity contribution in [2.75, 3.05) is 6.54 Å². The van der Waals surface area contributed by atoms with Crippen LogP contribution in [0.25, 0.3) is 10.9 Å². The van der Waals surface area contributed by atoms with E-state index in [0.717, 1.165) is 8.95 Å². The number of carbonyl (C=O) groups is 2. The molecule has 3 N–H and O–H groups in total. The summed E-state index contributed by atoms with van der Waals surface area (Å²) in [6.45, 7) is 0.0822. The predicted octanol–water partition coefficient (Wildman–Crippen LogP) is 5.48. The second-order valence-electron chi connectivity index (χ2n) is 5.71. The minimum Gasteiger partial charge on any atom is -0.493 e. The number of nitrogens with zero attached hydrogens (tertiary/aromatic N) is 2. The van der Waals surface area contributed by atoms with Crippen molar-refractivity contribution in [1.82, 2.24) is 10.3 Å². The maximum Gasteiger partial charge on any atom is 0.266 e. The highest BCUT2D eigenvalue weighted by atomic mass is 79.9. The molecule has 10 heteroatoms. The quantitative estimate of drug-likeness (QED) is 0.382. The number of amides is 2. The summed E-state index contributed by atoms with van der Waals surface area (Å²) in [4.78, 5) is 26.8. The molecule has 0 unspecified atom stereocenters. The van der Waals surface area contributed by atoms with Crippen LogP contribution < -0.4 is 5.32 Å². The van der Waals surface area contributed by atoms with E-state index in [1.54, 1.807) is 30.3 Å². The Bertz CT molecular complexity index is 1100. The number of H-pyrrole nitrogens is 1. The Morgan fingerprint density at radius 3 is 2.71 bits per heavy atom. The number of hydrogen-bond acceptors (Lipinski definition) is 4. The molecule has 0 saturated heterocycles. The van der Waals surface area contributed by atoms with Crippen LogP contribution >= 0.6 is 43.5 Å². The lowest BCUT2D eigenvalue weighted by Gasteiger charge is -2.04. The van der Waals surface area contributed by atoms with Gasteiger partial charge in [-0.3, -0.25) is 9.59 Å². The highest BCUT2D eigenvalue weighted by Crippen LogP contribution is 2.40. The summed E-state index contributed by atoms with van der Waals surface area (Å²) >= 11 is 12.7. The van der Waals surface area contributed by atoms with E-state index in [2.05, 4.69) is 52.4 Å². The van der Waals surface area contributed by atoms with Gasteiger partial charge in [-0.25, -0.2) is 0 Å². The first-order valence-corrected chi connectivity index (χ1v) is 10.00. The van der Waals surface area contributed by atoms with Crippen molar-refractivity contribution in [3.8, 4) is 5.88 Å². The number of carbonyl (C=O) groups excluding carboxylic acids is 2. The fourth-order valence-electron chi connectivity index (χ4n) is 2.47. The monoisotopic (exact) mass is 526 g/mol. The molecule has 1 aromatic heterocycles. The minimum absolute atomic E-state index is 0.0454. The lowest BCUT2D eigenvalue weighted by atomic mass is 10.2. The van der Waals surface area contributed by atoms with Gasteiger partial charge in [0.1, 0.15) is 0 Å². The van der Waals surface area contributed by atoms with Crippen molar-refractivity contribution in [2.45, 2.75) is 6.42 Å². The highest BCUT2D eigenvalue weighted by molar-refractivity contribution is 9.11. The number of rotatable bonds is 5. The molecule has 0 spiro atoms. The molecule has 3 aromatic rings. The molecule has 3 rings (SSSR count). The van der Waals surface area contributed by atoms with Crippen LogP contribution in [0, 0.1) is 0 Å². The van der Waals surface area contributed by atoms with Crippen LogP contribution in [0.4, 0.5) is 5.69 Å². The number of aromatic nitrogens is 1. The van der Waals surface area contributed by atoms with Crippen LogP contribution in [-0.4, -0.2) is 28.4 Å². The Labute approximate surface area is 181 Å². The second-order valence-corrected chi connectivity index (χ2v) is 7.89. The van der Waals surface area contributed by atoms with Crippen LogP contribution in [0.5, 0.6) is 5.88 Å². The van der Waals surface area contributed by atoms with Crippen LogP contribution in [0.3, 0.4) is 0 Å². The molecule has 0 aliphatic rings. The molecule has 1 heterocycles. The van der Waals surface area contributed by atoms with Crippen LogP contribution in [0.2, 0.25) is 5.02 Å². The molecule has 0 atom stereocenters. The summed E-state index contributed by atoms with van der Waals surface area (Å²) in [5.74, 6) is -1.11. The van der Waals surface area contributed by atoms with Gasteiger partial charge >= 0.3 is 0 Å². The molecule has 144 valence electrons. The van der Waals surface area contributed by atoms with Gasteiger partial charge in [0.15, 0.2) is 5.69 Å². The van der Waals surface area contributed by atoms with E-state index in [4.69, 9.17) is 11.6 Å². The van der Waals surface area contributed by atoms with Gasteiger partial charge in [-0.15, -0.1) is 10.2 Å². The molecule has 28 heavy (non-hydrogen) atoms. The molecule has 7 nitrogen and oxygen atoms in total. The normalized spacial score (nSPS) is 11.2. The van der Waals surface area contributed by atoms with Gasteiger partial charge in [-0.1, -0.05) is 39.7 Å². The number of aromatic amines is 1. The van der Waals surface area contributed by atoms with E-state index in [9.17, 15) is 14.7 Å². The summed E-state index contributed by atoms with van der Waals surface area (Å²) < 4.78 is 1.50. The molecule has 0 aliphatic heterocycles. The van der Waals surface area contributed by atoms with E-state index in [-0.39, 0.29) is 30.4 Å². The van der Waals surface area contributed by atoms with Crippen molar-refractivity contribution in [3.63, 3.8) is 0 Å². The fourth-order valence-corrected chi connectivity index (χ4v) is 4.02. The summed E-state index contributed by atoms with van der Waals surface area (Å²) in [6, 6.07) is 10.2. The third-order valence-electron chi connectivity index (χ3n) is 3.78. The Morgan fingerprint density at radius 1 is 1.21 bits per heavy atom. The SMILES string of the molecule is O=C(CCNC(=O)c1ccccc1Cl)N=Nc1c(O)[nH]c2c(Br)cc(Br)cc12. The van der Waals surface area contributed by atoms with Gasteiger partial charge < -0.3 is 15.4 Å². The maximum atomic E-state index is 12.0. The first kappa shape index (κ1) is 20.5. The first-order valence-electron chi connectivity index (χ1n) is 8.04. The molecule has 2 aromatic carbocycles. The molecule has 2 amide bonds. The maximum absolute atomic E-state index is 12.0. The van der Waals surface area contributed by atoms with Crippen molar-refractivity contribution >= 4 is 71.9 Å². The van der Waals surface area contributed by atoms with Crippen LogP contribution in [0.15, 0.2) is 55.6 Å². The van der Waals surface area contributed by atoms with Crippen molar-refractivity contribution in [2.24, 2.45) is 10.2 Å². The van der Waals surface area contributed by atoms with E-state index in [1.807, 2.05) is 6.07 Å². The molecule has 0 aliphatic carbocycles. The van der Waals surface area contributed by atoms with Crippen LogP contribution in [0.1, 0.15) is 16.8 Å². The Kier molecular flexibility index (Phi) is 6.48. The largest absolute Gasteiger partial charge is 0.493 e. The summed E-state index contributed by atoms with van der Waals surface area (Å²) in [6.07, 6.45) is -0.0454. The number of nitrogens with one attached hydrogen (secondary N) is 2. The van der Waals surface area contributed by atoms with Gasteiger partial charge in [0.25, 0.3) is 11.8 Å². The molecular weight excluding hydrogens is 515 g/mol. The third kappa shape index (κ3) is 4.60. The average Bonchev–Trinajstić information content (AvgIpc) is 2.96. The molecule has 0 bridgehead atoms. The van der Waals surface area contributed by atoms with Gasteiger partial charge in [-0.05, 0) is 40.2 Å². The fraction of sp³-hybridized carbons (Fsp3) is 0.111. The lowest BCUT2D eigenvalue weighted by Crippen LogP contribution is -2.25. The number of aromatic hydroxyl groups is 1. The number of halogens is 3. The smallest absolute Gasteiger partial charge is 0.266 e. The van der Waals surface area contributed by atoms with Crippen LogP contribution in [-0.2, 0) is 4.79 Å². The van der Waals surface area contributed by atoms with E-state index < -0.39 is 5.91 Å². The van der Waals surface area contributed by atoms with E-state index >= 15 is 0 Å². The van der Waals surface area contributed by atoms with Crippen molar-refractivity contribution in [3.05, 3.63) is 55.9 Å². The van der Waals surface area contributed by atoms with Crippen molar-refractivity contribution in [1.29, 1.82) is 0 Å². The predicted molar refractivity (Wildman–Crippen MR) is 113 cm³/mol. The van der Waals surface area contributed by atoms with Crippen molar-refractivity contribution < 1.29 is 14.7 Å². The standard InChI is InChI=1S/C18H13Br2ClN4O3/c19-9-7-11-15(12(20)8-9)23-18(28)16(11)25-24-14(26)5-6-22-17(27)10-3-1-2-4-13(10)21/h1-4,7-8,23,28H,5-6H2,(H,22,27). The number of hydrogen-bond donors (Lipinski definition) is 3. The van der Waals surface area contributed by atoms with Gasteiger partial charge in [0.05, 0.1) is 16.1 Å². The highest BCUT2D eigenvalue weighted by Gasteiger charge is 2.14. The topological polar surface area (TPSA) is 107 Å². The lowest BCUT2D eigenvalue weighted by molar-refractivity contribution is -0.118. The Morgan fingerprint density at radius 2 is 1.96 bits per heavy atom. The number of fused-ring (bicyclic) bond motifs is 1. The van der Waals surface area contributed by atoms with E-state index in [0.29, 0.717) is 21.5 Å². The number of azo groups is 1. The summed E-state index contributed by atoms with van der Waals surface area (Å²) in [5, 5.41) is 21.1. The zero-order valence-electron chi connectivity index (χ0n) is 14.2. The minimum atomic E-state index is -0.540. The molecule has 0 saturated carbocycles. The van der Waals surface area contributed by atoms with Gasteiger partial charge in [0, 0.05) is 27.3 Å². The molecular formula is C18H13Br2ClN4O3. The van der Waals surface area contributed by atoms with E-state index in [1.165, 1.54) is 0 Å². The zero-order valence-corrected chi connectivity index (χ0v) is 18.1. The summed E-state index contributed by atoms with van der Waals surface area (Å²) in [7, 11) is 0. The zero-order chi connectivity index (χ0) is 20.3. The van der Waals surface area contributed by atoms with Gasteiger partial charge in [0.2, 0.25) is 5.88 Å². The Hall–Kier alpha value is -2.23.